The number of hydrogen-bond acceptors (Lipinski definition) is 3. The molecule has 2 aromatic carbocycles. The Morgan fingerprint density at radius 1 is 0.958 bits per heavy atom. The number of nitrogens with one attached hydrogen (secondary N) is 1. The Balaban J connectivity index is 1.58. The molecule has 0 unspecified atom stereocenters. The van der Waals surface area contributed by atoms with Gasteiger partial charge in [0.2, 0.25) is 0 Å². The van der Waals surface area contributed by atoms with Crippen molar-refractivity contribution < 1.29 is 9.53 Å². The molecule has 24 heavy (non-hydrogen) atoms. The third-order valence-electron chi connectivity index (χ3n) is 3.89. The molecule has 0 saturated carbocycles. The van der Waals surface area contributed by atoms with Gasteiger partial charge in [0.15, 0.2) is 0 Å². The maximum Gasteiger partial charge on any atom is 0.258 e. The first-order valence-electron chi connectivity index (χ1n) is 8.36. The number of nitrogens with zero attached hydrogens (tertiary/aromatic N) is 1. The van der Waals surface area contributed by atoms with E-state index in [1.165, 1.54) is 6.42 Å². The Bertz CT molecular complexity index is 692. The van der Waals surface area contributed by atoms with Gasteiger partial charge >= 0.3 is 0 Å². The van der Waals surface area contributed by atoms with Crippen molar-refractivity contribution >= 4 is 12.0 Å². The largest absolute Gasteiger partial charge is 0.457 e. The topological polar surface area (TPSA) is 41.6 Å². The summed E-state index contributed by atoms with van der Waals surface area (Å²) in [5, 5.41) is 1.99. The van der Waals surface area contributed by atoms with Crippen molar-refractivity contribution in [3.8, 4) is 11.5 Å². The van der Waals surface area contributed by atoms with Crippen LogP contribution in [-0.2, 0) is 4.79 Å². The van der Waals surface area contributed by atoms with Gasteiger partial charge in [0.25, 0.3) is 5.91 Å². The van der Waals surface area contributed by atoms with Crippen molar-refractivity contribution in [1.82, 2.24) is 10.4 Å². The summed E-state index contributed by atoms with van der Waals surface area (Å²) in [6.45, 7) is 1.86. The number of rotatable bonds is 5. The highest BCUT2D eigenvalue weighted by Crippen LogP contribution is 2.22. The monoisotopic (exact) mass is 322 g/mol. The second kappa shape index (κ2) is 8.31. The van der Waals surface area contributed by atoms with Gasteiger partial charge in [-0.05, 0) is 48.7 Å². The number of carbonyl (C=O) groups is 1. The lowest BCUT2D eigenvalue weighted by Gasteiger charge is -2.26. The summed E-state index contributed by atoms with van der Waals surface area (Å²) in [7, 11) is 0. The minimum atomic E-state index is -0.0914. The van der Waals surface area contributed by atoms with Crippen molar-refractivity contribution in [3.63, 3.8) is 0 Å². The Morgan fingerprint density at radius 2 is 1.71 bits per heavy atom. The third kappa shape index (κ3) is 4.96. The Morgan fingerprint density at radius 3 is 2.50 bits per heavy atom. The van der Waals surface area contributed by atoms with Gasteiger partial charge in [-0.1, -0.05) is 36.8 Å². The van der Waals surface area contributed by atoms with Crippen LogP contribution in [0.3, 0.4) is 0 Å². The van der Waals surface area contributed by atoms with Crippen LogP contribution in [0.25, 0.3) is 6.08 Å². The van der Waals surface area contributed by atoms with E-state index in [2.05, 4.69) is 5.43 Å². The minimum Gasteiger partial charge on any atom is -0.457 e. The van der Waals surface area contributed by atoms with Crippen LogP contribution in [0, 0.1) is 0 Å². The van der Waals surface area contributed by atoms with Gasteiger partial charge in [-0.25, -0.2) is 5.01 Å². The SMILES string of the molecule is O=C(/C=C/c1cccc(Oc2ccccc2)c1)NN1CCCCC1. The first-order chi connectivity index (χ1) is 11.8. The number of para-hydroxylation sites is 1. The van der Waals surface area contributed by atoms with E-state index in [-0.39, 0.29) is 5.91 Å². The predicted octanol–water partition coefficient (Wildman–Crippen LogP) is 4.01. The van der Waals surface area contributed by atoms with Crippen LogP contribution in [0.5, 0.6) is 11.5 Å². The standard InChI is InChI=1S/C20H22N2O2/c23-20(21-22-14-5-2-6-15-22)13-12-17-8-7-11-19(16-17)24-18-9-3-1-4-10-18/h1,3-4,7-13,16H,2,5-6,14-15H2,(H,21,23)/b13-12+. The lowest BCUT2D eigenvalue weighted by atomic mass is 10.2. The molecule has 124 valence electrons. The lowest BCUT2D eigenvalue weighted by molar-refractivity contribution is -0.121. The van der Waals surface area contributed by atoms with Gasteiger partial charge in [0, 0.05) is 19.2 Å². The summed E-state index contributed by atoms with van der Waals surface area (Å²) in [5.41, 5.74) is 3.85. The summed E-state index contributed by atoms with van der Waals surface area (Å²) in [4.78, 5) is 12.0. The zero-order chi connectivity index (χ0) is 16.6. The third-order valence-corrected chi connectivity index (χ3v) is 3.89. The van der Waals surface area contributed by atoms with Crippen LogP contribution < -0.4 is 10.2 Å². The highest BCUT2D eigenvalue weighted by atomic mass is 16.5. The number of ether oxygens (including phenoxy) is 1. The molecule has 1 heterocycles. The van der Waals surface area contributed by atoms with E-state index in [0.29, 0.717) is 0 Å². The molecule has 0 aliphatic carbocycles. The average molecular weight is 322 g/mol. The van der Waals surface area contributed by atoms with E-state index in [1.54, 1.807) is 12.2 Å². The first kappa shape index (κ1) is 16.3. The van der Waals surface area contributed by atoms with E-state index in [0.717, 1.165) is 43.0 Å². The molecule has 0 atom stereocenters. The number of amides is 1. The molecule has 0 spiro atoms. The van der Waals surface area contributed by atoms with Gasteiger partial charge in [-0.15, -0.1) is 0 Å². The molecule has 1 aliphatic heterocycles. The van der Waals surface area contributed by atoms with Crippen LogP contribution in [0.4, 0.5) is 0 Å². The number of hydrogen-bond donors (Lipinski definition) is 1. The van der Waals surface area contributed by atoms with Gasteiger partial charge < -0.3 is 4.74 Å². The minimum absolute atomic E-state index is 0.0914. The Kier molecular flexibility index (Phi) is 5.64. The Hall–Kier alpha value is -2.59. The van der Waals surface area contributed by atoms with Crippen LogP contribution >= 0.6 is 0 Å². The average Bonchev–Trinajstić information content (AvgIpc) is 2.62. The van der Waals surface area contributed by atoms with Crippen LogP contribution in [0.1, 0.15) is 24.8 Å². The van der Waals surface area contributed by atoms with Gasteiger partial charge in [0.05, 0.1) is 0 Å². The molecule has 2 aromatic rings. The maximum absolute atomic E-state index is 12.0. The van der Waals surface area contributed by atoms with E-state index in [4.69, 9.17) is 4.74 Å². The Labute approximate surface area is 142 Å². The van der Waals surface area contributed by atoms with Crippen molar-refractivity contribution in [2.45, 2.75) is 19.3 Å². The van der Waals surface area contributed by atoms with Crippen LogP contribution in [0.15, 0.2) is 60.7 Å². The highest BCUT2D eigenvalue weighted by molar-refractivity contribution is 5.91. The number of benzene rings is 2. The van der Waals surface area contributed by atoms with E-state index in [1.807, 2.05) is 59.6 Å². The molecule has 0 radical (unpaired) electrons. The molecule has 0 aromatic heterocycles. The summed E-state index contributed by atoms with van der Waals surface area (Å²) < 4.78 is 5.80. The van der Waals surface area contributed by atoms with E-state index >= 15 is 0 Å². The summed E-state index contributed by atoms with van der Waals surface area (Å²) in [6, 6.07) is 17.3. The second-order valence-electron chi connectivity index (χ2n) is 5.84. The molecule has 1 N–H and O–H groups in total. The number of piperidine rings is 1. The van der Waals surface area contributed by atoms with Crippen molar-refractivity contribution in [3.05, 3.63) is 66.2 Å². The van der Waals surface area contributed by atoms with Gasteiger partial charge in [0.1, 0.15) is 11.5 Å². The molecule has 1 fully saturated rings. The fraction of sp³-hybridized carbons (Fsp3) is 0.250. The van der Waals surface area contributed by atoms with E-state index < -0.39 is 0 Å². The quantitative estimate of drug-likeness (QED) is 0.846. The predicted molar refractivity (Wildman–Crippen MR) is 95.6 cm³/mol. The van der Waals surface area contributed by atoms with E-state index in [9.17, 15) is 4.79 Å². The summed E-state index contributed by atoms with van der Waals surface area (Å²) in [5.74, 6) is 1.45. The molecular formula is C20H22N2O2. The van der Waals surface area contributed by atoms with Crippen LogP contribution in [-0.4, -0.2) is 24.0 Å². The number of carbonyl (C=O) groups excluding carboxylic acids is 1. The zero-order valence-electron chi connectivity index (χ0n) is 13.7. The fourth-order valence-electron chi connectivity index (χ4n) is 2.68. The molecule has 4 heteroatoms. The molecule has 1 amide bonds. The summed E-state index contributed by atoms with van der Waals surface area (Å²) in [6.07, 6.45) is 6.90. The van der Waals surface area contributed by atoms with Crippen LogP contribution in [0.2, 0.25) is 0 Å². The van der Waals surface area contributed by atoms with Crippen molar-refractivity contribution in [2.24, 2.45) is 0 Å². The van der Waals surface area contributed by atoms with Crippen molar-refractivity contribution in [1.29, 1.82) is 0 Å². The number of hydrazine groups is 1. The van der Waals surface area contributed by atoms with Crippen molar-refractivity contribution in [2.75, 3.05) is 13.1 Å². The molecule has 3 rings (SSSR count). The normalized spacial score (nSPS) is 15.3. The molecular weight excluding hydrogens is 300 g/mol. The van der Waals surface area contributed by atoms with Gasteiger partial charge in [-0.3, -0.25) is 10.2 Å². The molecule has 1 saturated heterocycles. The first-order valence-corrected chi connectivity index (χ1v) is 8.36. The fourth-order valence-corrected chi connectivity index (χ4v) is 2.68. The zero-order valence-corrected chi connectivity index (χ0v) is 13.7. The highest BCUT2D eigenvalue weighted by Gasteiger charge is 2.10. The lowest BCUT2D eigenvalue weighted by Crippen LogP contribution is -2.44. The molecule has 4 nitrogen and oxygen atoms in total. The maximum atomic E-state index is 12.0. The smallest absolute Gasteiger partial charge is 0.258 e. The second-order valence-corrected chi connectivity index (χ2v) is 5.84. The molecule has 0 bridgehead atoms. The summed E-state index contributed by atoms with van der Waals surface area (Å²) >= 11 is 0. The van der Waals surface area contributed by atoms with Gasteiger partial charge in [-0.2, -0.15) is 0 Å². The molecule has 1 aliphatic rings.